The van der Waals surface area contributed by atoms with Crippen LogP contribution in [0.1, 0.15) is 0 Å². The predicted octanol–water partition coefficient (Wildman–Crippen LogP) is 2.28. The average Bonchev–Trinajstić information content (AvgIpc) is 2.97. The highest BCUT2D eigenvalue weighted by molar-refractivity contribution is 7.99. The summed E-state index contributed by atoms with van der Waals surface area (Å²) in [4.78, 5) is 4.40. The molecule has 1 aliphatic rings. The van der Waals surface area contributed by atoms with Gasteiger partial charge in [-0.25, -0.2) is 0 Å². The van der Waals surface area contributed by atoms with Crippen molar-refractivity contribution in [3.05, 3.63) is 59.2 Å². The average molecular weight is 301 g/mol. The van der Waals surface area contributed by atoms with Crippen LogP contribution in [0.3, 0.4) is 0 Å². The van der Waals surface area contributed by atoms with Gasteiger partial charge in [-0.1, -0.05) is 24.3 Å². The van der Waals surface area contributed by atoms with E-state index in [1.165, 1.54) is 11.9 Å². The van der Waals surface area contributed by atoms with Crippen LogP contribution in [0.25, 0.3) is 11.1 Å². The van der Waals surface area contributed by atoms with Gasteiger partial charge in [0.15, 0.2) is 16.3 Å². The van der Waals surface area contributed by atoms with Gasteiger partial charge in [0, 0.05) is 0 Å². The molecule has 0 bridgehead atoms. The van der Waals surface area contributed by atoms with E-state index in [-0.39, 0.29) is 3.51 Å². The van der Waals surface area contributed by atoms with Crippen LogP contribution in [0.5, 0.6) is 0 Å². The topological polar surface area (TPSA) is 50.8 Å². The Labute approximate surface area is 123 Å². The van der Waals surface area contributed by atoms with Crippen LogP contribution in [0.4, 0.5) is 0 Å². The number of thiol groups is 1. The number of fused-ring (bicyclic) bond motifs is 2. The van der Waals surface area contributed by atoms with Gasteiger partial charge in [-0.05, 0) is 34.5 Å². The zero-order valence-electron chi connectivity index (χ0n) is 10.2. The quantitative estimate of drug-likeness (QED) is 0.449. The highest BCUT2D eigenvalue weighted by atomic mass is 32.2. The van der Waals surface area contributed by atoms with E-state index < -0.39 is 0 Å². The molecule has 98 valence electrons. The van der Waals surface area contributed by atoms with Gasteiger partial charge >= 0.3 is 5.22 Å². The van der Waals surface area contributed by atoms with Gasteiger partial charge in [0.2, 0.25) is 11.9 Å². The first-order valence-electron chi connectivity index (χ1n) is 5.94. The Morgan fingerprint density at radius 2 is 1.60 bits per heavy atom. The molecular weight excluding hydrogens is 292 g/mol. The van der Waals surface area contributed by atoms with Gasteiger partial charge < -0.3 is 4.42 Å². The Morgan fingerprint density at radius 3 is 2.30 bits per heavy atom. The molecule has 0 fully saturated rings. The summed E-state index contributed by atoms with van der Waals surface area (Å²) in [5.74, 6) is 0. The molecule has 2 aromatic carbocycles. The van der Waals surface area contributed by atoms with Gasteiger partial charge in [-0.3, -0.25) is 0 Å². The minimum absolute atomic E-state index is 0.202. The monoisotopic (exact) mass is 301 g/mol. The molecule has 1 aliphatic heterocycles. The van der Waals surface area contributed by atoms with E-state index in [9.17, 15) is 0 Å². The van der Waals surface area contributed by atoms with Gasteiger partial charge in [0.25, 0.3) is 0 Å². The molecule has 1 aromatic heterocycles. The summed E-state index contributed by atoms with van der Waals surface area (Å²) in [5.41, 5.74) is 1.55. The van der Waals surface area contributed by atoms with Crippen molar-refractivity contribution in [1.82, 2.24) is 4.98 Å². The van der Waals surface area contributed by atoms with E-state index in [1.54, 1.807) is 0 Å². The fourth-order valence-corrected chi connectivity index (χ4v) is 3.11. The Hall–Kier alpha value is -1.83. The third-order valence-corrected chi connectivity index (χ3v) is 4.00. The molecule has 2 heterocycles. The third kappa shape index (κ3) is 2.00. The van der Waals surface area contributed by atoms with Crippen molar-refractivity contribution >= 4 is 35.9 Å². The van der Waals surface area contributed by atoms with E-state index in [1.807, 2.05) is 48.5 Å². The van der Waals surface area contributed by atoms with Crippen molar-refractivity contribution in [2.45, 2.75) is 5.22 Å². The second-order valence-corrected chi connectivity index (χ2v) is 6.11. The Bertz CT molecular complexity index is 853. The van der Waals surface area contributed by atoms with Crippen molar-refractivity contribution in [3.63, 3.8) is 0 Å². The van der Waals surface area contributed by atoms with E-state index >= 15 is 0 Å². The minimum atomic E-state index is -0.202. The maximum Gasteiger partial charge on any atom is 0.322 e. The molecule has 0 radical (unpaired) electrons. The Morgan fingerprint density at radius 1 is 0.950 bits per heavy atom. The van der Waals surface area contributed by atoms with Crippen LogP contribution in [0, 0.1) is 0 Å². The summed E-state index contributed by atoms with van der Waals surface area (Å²) >= 11 is 5.71. The zero-order chi connectivity index (χ0) is 13.6. The number of rotatable bonds is 2. The first-order valence-corrected chi connectivity index (χ1v) is 7.12. The van der Waals surface area contributed by atoms with E-state index in [0.29, 0.717) is 5.22 Å². The number of quaternary nitrogens is 1. The lowest BCUT2D eigenvalue weighted by atomic mass is 10.3. The molecule has 0 atom stereocenters. The van der Waals surface area contributed by atoms with Crippen LogP contribution in [0.15, 0.2) is 68.4 Å². The molecule has 0 aliphatic carbocycles. The van der Waals surface area contributed by atoms with Gasteiger partial charge in [0.1, 0.15) is 18.3 Å². The molecule has 5 nitrogen and oxygen atoms in total. The van der Waals surface area contributed by atoms with Crippen molar-refractivity contribution in [2.75, 3.05) is 0 Å². The van der Waals surface area contributed by atoms with Crippen LogP contribution in [-0.2, 0) is 0 Å². The number of para-hydroxylation sites is 2. The summed E-state index contributed by atoms with van der Waals surface area (Å²) in [6.07, 6.45) is 0. The number of hydrogen-bond acceptors (Lipinski definition) is 6. The second-order valence-electron chi connectivity index (χ2n) is 4.24. The lowest BCUT2D eigenvalue weighted by Crippen LogP contribution is -2.19. The molecular formula is C13H9N4OS2+. The smallest absolute Gasteiger partial charge is 0.322 e. The molecule has 0 saturated carbocycles. The van der Waals surface area contributed by atoms with Crippen molar-refractivity contribution in [2.24, 2.45) is 10.2 Å². The molecule has 0 N–H and O–H groups in total. The molecule has 0 amide bonds. The zero-order valence-corrected chi connectivity index (χ0v) is 11.9. The van der Waals surface area contributed by atoms with Gasteiger partial charge in [0.05, 0.1) is 3.51 Å². The highest BCUT2D eigenvalue weighted by Crippen LogP contribution is 2.36. The molecule has 7 heteroatoms. The number of hydrogen-bond donors (Lipinski definition) is 1. The van der Waals surface area contributed by atoms with E-state index in [2.05, 4.69) is 28.0 Å². The largest absolute Gasteiger partial charge is 0.427 e. The standard InChI is InChI=1S/C13H9N4OS2/c19-17(15-9-5-1-2-6-10(9)16-17)20-13-14-11-7-3-4-8-12(11)18-13/h1-8,19H/q+1. The highest BCUT2D eigenvalue weighted by Gasteiger charge is 2.34. The summed E-state index contributed by atoms with van der Waals surface area (Å²) in [7, 11) is 0. The summed E-state index contributed by atoms with van der Waals surface area (Å²) < 4.78 is 5.46. The fourth-order valence-electron chi connectivity index (χ4n) is 1.97. The molecule has 3 aromatic rings. The van der Waals surface area contributed by atoms with Crippen LogP contribution in [-0.4, -0.2) is 8.50 Å². The fraction of sp³-hybridized carbons (Fsp3) is 0. The first-order chi connectivity index (χ1) is 9.72. The molecule has 0 saturated heterocycles. The minimum Gasteiger partial charge on any atom is -0.427 e. The van der Waals surface area contributed by atoms with Crippen molar-refractivity contribution < 1.29 is 7.93 Å². The number of benzene rings is 2. The first kappa shape index (κ1) is 12.0. The van der Waals surface area contributed by atoms with Gasteiger partial charge in [-0.15, -0.1) is 0 Å². The molecule has 0 unspecified atom stereocenters. The summed E-state index contributed by atoms with van der Waals surface area (Å²) in [6, 6.07) is 15.3. The lowest BCUT2D eigenvalue weighted by molar-refractivity contribution is -0.659. The van der Waals surface area contributed by atoms with Crippen LogP contribution in [0.2, 0.25) is 0 Å². The lowest BCUT2D eigenvalue weighted by Gasteiger charge is -2.07. The normalized spacial score (nSPS) is 15.7. The molecule has 20 heavy (non-hydrogen) atoms. The SMILES string of the molecule is S[N+]1(Sc2nc3ccccc3o2)N=c2ccccc2=N1. The number of oxazole rings is 1. The van der Waals surface area contributed by atoms with Crippen molar-refractivity contribution in [1.29, 1.82) is 0 Å². The Balaban J connectivity index is 1.74. The predicted molar refractivity (Wildman–Crippen MR) is 77.9 cm³/mol. The third-order valence-electron chi connectivity index (χ3n) is 2.83. The Kier molecular flexibility index (Phi) is 2.59. The maximum atomic E-state index is 5.66. The molecule has 0 spiro atoms. The number of aromatic nitrogens is 1. The second kappa shape index (κ2) is 4.34. The number of nitrogens with zero attached hydrogens (tertiary/aromatic N) is 4. The van der Waals surface area contributed by atoms with Crippen LogP contribution < -0.4 is 10.7 Å². The summed E-state index contributed by atoms with van der Waals surface area (Å²) in [6.45, 7) is 0. The summed E-state index contributed by atoms with van der Waals surface area (Å²) in [5, 5.41) is 11.0. The van der Waals surface area contributed by atoms with Crippen LogP contribution >= 0.6 is 24.8 Å². The van der Waals surface area contributed by atoms with E-state index in [0.717, 1.165) is 21.8 Å². The maximum absolute atomic E-state index is 5.66. The molecule has 4 rings (SSSR count). The van der Waals surface area contributed by atoms with Crippen molar-refractivity contribution in [3.8, 4) is 0 Å². The van der Waals surface area contributed by atoms with Gasteiger partial charge in [-0.2, -0.15) is 4.98 Å². The van der Waals surface area contributed by atoms with E-state index in [4.69, 9.17) is 4.42 Å².